The number of ether oxygens (including phenoxy) is 1. The number of anilines is 1. The zero-order valence-electron chi connectivity index (χ0n) is 16.3. The van der Waals surface area contributed by atoms with Crippen molar-refractivity contribution in [2.45, 2.75) is 12.6 Å². The molecule has 0 aliphatic carbocycles. The van der Waals surface area contributed by atoms with Gasteiger partial charge in [-0.3, -0.25) is 9.69 Å². The van der Waals surface area contributed by atoms with E-state index < -0.39 is 11.0 Å². The molecule has 7 nitrogen and oxygen atoms in total. The van der Waals surface area contributed by atoms with Gasteiger partial charge in [0.2, 0.25) is 6.10 Å². The summed E-state index contributed by atoms with van der Waals surface area (Å²) in [6.45, 7) is 0.216. The van der Waals surface area contributed by atoms with E-state index in [9.17, 15) is 14.9 Å². The predicted molar refractivity (Wildman–Crippen MR) is 116 cm³/mol. The van der Waals surface area contributed by atoms with Crippen LogP contribution in [0.25, 0.3) is 10.8 Å². The average Bonchev–Trinajstić information content (AvgIpc) is 2.81. The molecule has 2 heterocycles. The fraction of sp³-hybridized carbons (Fsp3) is 0.0833. The first-order valence-electron chi connectivity index (χ1n) is 9.77. The Hall–Kier alpha value is -4.26. The molecule has 0 radical (unpaired) electrons. The zero-order valence-corrected chi connectivity index (χ0v) is 16.3. The molecule has 1 atom stereocenters. The quantitative estimate of drug-likeness (QED) is 0.355. The molecule has 4 aromatic rings. The van der Waals surface area contributed by atoms with Gasteiger partial charge < -0.3 is 14.9 Å². The van der Waals surface area contributed by atoms with E-state index in [2.05, 4.69) is 4.98 Å². The summed E-state index contributed by atoms with van der Waals surface area (Å²) in [6.07, 6.45) is -0.855. The van der Waals surface area contributed by atoms with Gasteiger partial charge in [-0.2, -0.15) is 0 Å². The monoisotopic (exact) mass is 411 g/mol. The third-order valence-electron chi connectivity index (χ3n) is 5.31. The molecule has 0 saturated carbocycles. The zero-order chi connectivity index (χ0) is 21.4. The Balaban J connectivity index is 1.63. The topological polar surface area (TPSA) is 85.6 Å². The van der Waals surface area contributed by atoms with Crippen LogP contribution in [-0.2, 0) is 11.3 Å². The highest BCUT2D eigenvalue weighted by molar-refractivity contribution is 6.00. The number of fused-ring (bicyclic) bond motifs is 2. The molecule has 152 valence electrons. The van der Waals surface area contributed by atoms with Crippen LogP contribution in [0.5, 0.6) is 5.75 Å². The van der Waals surface area contributed by atoms with Crippen LogP contribution in [0.15, 0.2) is 84.9 Å². The van der Waals surface area contributed by atoms with Gasteiger partial charge in [0.25, 0.3) is 11.7 Å². The van der Waals surface area contributed by atoms with Gasteiger partial charge >= 0.3 is 5.82 Å². The minimum absolute atomic E-state index is 0.152. The van der Waals surface area contributed by atoms with Gasteiger partial charge in [0.05, 0.1) is 6.54 Å². The molecule has 0 spiro atoms. The van der Waals surface area contributed by atoms with Gasteiger partial charge in [-0.05, 0) is 32.3 Å². The summed E-state index contributed by atoms with van der Waals surface area (Å²) in [4.78, 5) is 29.8. The molecule has 0 fully saturated rings. The van der Waals surface area contributed by atoms with Gasteiger partial charge in [0.15, 0.2) is 5.75 Å². The number of amides is 1. The van der Waals surface area contributed by atoms with Crippen molar-refractivity contribution >= 4 is 28.3 Å². The lowest BCUT2D eigenvalue weighted by Gasteiger charge is -2.31. The second kappa shape index (κ2) is 7.53. The molecule has 3 aromatic carbocycles. The summed E-state index contributed by atoms with van der Waals surface area (Å²) in [7, 11) is 0. The molecule has 31 heavy (non-hydrogen) atoms. The van der Waals surface area contributed by atoms with Crippen LogP contribution in [0, 0.1) is 10.1 Å². The number of rotatable bonds is 4. The van der Waals surface area contributed by atoms with Crippen molar-refractivity contribution in [1.29, 1.82) is 0 Å². The van der Waals surface area contributed by atoms with E-state index in [4.69, 9.17) is 4.74 Å². The van der Waals surface area contributed by atoms with Gasteiger partial charge in [-0.1, -0.05) is 72.8 Å². The number of nitrogens with zero attached hydrogens (tertiary/aromatic N) is 3. The number of benzene rings is 3. The lowest BCUT2D eigenvalue weighted by atomic mass is 10.0. The van der Waals surface area contributed by atoms with Crippen LogP contribution in [-0.4, -0.2) is 15.8 Å². The summed E-state index contributed by atoms with van der Waals surface area (Å²) in [5, 5.41) is 13.3. The number of hydrogen-bond acceptors (Lipinski definition) is 5. The average molecular weight is 411 g/mol. The Labute approximate surface area is 177 Å². The van der Waals surface area contributed by atoms with E-state index in [1.54, 1.807) is 0 Å². The van der Waals surface area contributed by atoms with E-state index >= 15 is 0 Å². The first-order valence-corrected chi connectivity index (χ1v) is 9.77. The number of aromatic nitrogens is 1. The van der Waals surface area contributed by atoms with Crippen molar-refractivity contribution < 1.29 is 14.5 Å². The molecule has 1 aromatic heterocycles. The van der Waals surface area contributed by atoms with E-state index in [0.29, 0.717) is 11.3 Å². The highest BCUT2D eigenvalue weighted by Gasteiger charge is 2.40. The van der Waals surface area contributed by atoms with Crippen molar-refractivity contribution in [2.75, 3.05) is 4.90 Å². The molecule has 0 N–H and O–H groups in total. The van der Waals surface area contributed by atoms with Crippen molar-refractivity contribution in [3.8, 4) is 5.75 Å². The SMILES string of the molecule is O=C1C(c2ccccc2)Oc2ccc([N+](=O)[O-])nc2N1Cc1cccc2ccccc12. The van der Waals surface area contributed by atoms with Crippen LogP contribution in [0.3, 0.4) is 0 Å². The summed E-state index contributed by atoms with van der Waals surface area (Å²) in [5.41, 5.74) is 1.62. The van der Waals surface area contributed by atoms with Crippen LogP contribution in [0.1, 0.15) is 17.2 Å². The normalized spacial score (nSPS) is 15.4. The van der Waals surface area contributed by atoms with Crippen LogP contribution in [0.4, 0.5) is 11.6 Å². The molecule has 5 rings (SSSR count). The number of hydrogen-bond donors (Lipinski definition) is 0. The summed E-state index contributed by atoms with van der Waals surface area (Å²) < 4.78 is 5.94. The molecule has 0 saturated heterocycles. The summed E-state index contributed by atoms with van der Waals surface area (Å²) >= 11 is 0. The van der Waals surface area contributed by atoms with E-state index in [-0.39, 0.29) is 24.1 Å². The standard InChI is InChI=1S/C24H17N3O4/c28-24-22(17-8-2-1-3-9-17)31-20-13-14-21(27(29)30)25-23(20)26(24)15-18-11-6-10-16-7-4-5-12-19(16)18/h1-14,22H,15H2. The third-order valence-corrected chi connectivity index (χ3v) is 5.31. The molecule has 0 bridgehead atoms. The van der Waals surface area contributed by atoms with Crippen LogP contribution >= 0.6 is 0 Å². The van der Waals surface area contributed by atoms with Crippen molar-refractivity contribution in [3.05, 3.63) is 106 Å². The molecule has 1 amide bonds. The Morgan fingerprint density at radius 2 is 1.68 bits per heavy atom. The first kappa shape index (κ1) is 18.7. The molecule has 1 unspecified atom stereocenters. The molecular weight excluding hydrogens is 394 g/mol. The fourth-order valence-corrected chi connectivity index (χ4v) is 3.83. The second-order valence-corrected chi connectivity index (χ2v) is 7.22. The fourth-order valence-electron chi connectivity index (χ4n) is 3.83. The lowest BCUT2D eigenvalue weighted by Crippen LogP contribution is -2.41. The Morgan fingerprint density at radius 1 is 0.935 bits per heavy atom. The van der Waals surface area contributed by atoms with Crippen molar-refractivity contribution in [2.24, 2.45) is 0 Å². The minimum Gasteiger partial charge on any atom is -0.469 e. The van der Waals surface area contributed by atoms with Gasteiger partial charge in [-0.15, -0.1) is 0 Å². The predicted octanol–water partition coefficient (Wildman–Crippen LogP) is 4.81. The number of carbonyl (C=O) groups is 1. The van der Waals surface area contributed by atoms with E-state index in [1.165, 1.54) is 17.0 Å². The minimum atomic E-state index is -0.855. The highest BCUT2D eigenvalue weighted by atomic mass is 16.6. The van der Waals surface area contributed by atoms with Crippen LogP contribution in [0.2, 0.25) is 0 Å². The Morgan fingerprint density at radius 3 is 2.48 bits per heavy atom. The van der Waals surface area contributed by atoms with E-state index in [0.717, 1.165) is 16.3 Å². The number of carbonyl (C=O) groups excluding carboxylic acids is 1. The number of pyridine rings is 1. The summed E-state index contributed by atoms with van der Waals surface area (Å²) in [6, 6.07) is 25.7. The number of nitro groups is 1. The van der Waals surface area contributed by atoms with Gasteiger partial charge in [0, 0.05) is 11.6 Å². The Bertz CT molecular complexity index is 1300. The maximum Gasteiger partial charge on any atom is 0.366 e. The smallest absolute Gasteiger partial charge is 0.366 e. The maximum atomic E-state index is 13.5. The van der Waals surface area contributed by atoms with Crippen molar-refractivity contribution in [1.82, 2.24) is 4.98 Å². The van der Waals surface area contributed by atoms with Crippen molar-refractivity contribution in [3.63, 3.8) is 0 Å². The first-order chi connectivity index (χ1) is 15.1. The second-order valence-electron chi connectivity index (χ2n) is 7.22. The molecule has 1 aliphatic heterocycles. The van der Waals surface area contributed by atoms with Gasteiger partial charge in [0.1, 0.15) is 0 Å². The summed E-state index contributed by atoms with van der Waals surface area (Å²) in [5.74, 6) is -0.172. The largest absolute Gasteiger partial charge is 0.469 e. The molecule has 1 aliphatic rings. The molecular formula is C24H17N3O4. The van der Waals surface area contributed by atoms with Crippen LogP contribution < -0.4 is 9.64 Å². The molecule has 7 heteroatoms. The van der Waals surface area contributed by atoms with E-state index in [1.807, 2.05) is 72.8 Å². The lowest BCUT2D eigenvalue weighted by molar-refractivity contribution is -0.389. The Kier molecular flexibility index (Phi) is 4.55. The third kappa shape index (κ3) is 3.36. The highest BCUT2D eigenvalue weighted by Crippen LogP contribution is 2.40. The van der Waals surface area contributed by atoms with Gasteiger partial charge in [-0.25, -0.2) is 0 Å². The maximum absolute atomic E-state index is 13.5.